The average molecular weight is 161 g/mol. The molecule has 0 saturated heterocycles. The van der Waals surface area contributed by atoms with Gasteiger partial charge in [-0.1, -0.05) is 6.92 Å². The molecule has 0 spiro atoms. The Balaban J connectivity index is 2.73. The number of pyridine rings is 1. The highest BCUT2D eigenvalue weighted by Crippen LogP contribution is 2.17. The Bertz CT molecular complexity index is 403. The molecule has 0 unspecified atom stereocenters. The van der Waals surface area contributed by atoms with Gasteiger partial charge in [0.2, 0.25) is 0 Å². The second-order valence-electron chi connectivity index (χ2n) is 2.89. The minimum Gasteiger partial charge on any atom is -0.463 e. The highest BCUT2D eigenvalue weighted by Gasteiger charge is 2.02. The van der Waals surface area contributed by atoms with Crippen LogP contribution in [0.1, 0.15) is 18.2 Å². The van der Waals surface area contributed by atoms with Gasteiger partial charge in [0.05, 0.1) is 6.26 Å². The first-order chi connectivity index (χ1) is 5.81. The highest BCUT2D eigenvalue weighted by atomic mass is 16.3. The Hall–Kier alpha value is -1.31. The summed E-state index contributed by atoms with van der Waals surface area (Å²) in [6.07, 6.45) is 2.69. The summed E-state index contributed by atoms with van der Waals surface area (Å²) in [6.45, 7) is 4.16. The van der Waals surface area contributed by atoms with Crippen LogP contribution in [-0.2, 0) is 6.42 Å². The Morgan fingerprint density at radius 2 is 2.33 bits per heavy atom. The van der Waals surface area contributed by atoms with E-state index >= 15 is 0 Å². The lowest BCUT2D eigenvalue weighted by Crippen LogP contribution is -1.89. The molecule has 62 valence electrons. The summed E-state index contributed by atoms with van der Waals surface area (Å²) in [6, 6.07) is 3.96. The first kappa shape index (κ1) is 7.35. The molecule has 0 aliphatic rings. The molecule has 2 aromatic heterocycles. The fraction of sp³-hybridized carbons (Fsp3) is 0.300. The zero-order valence-corrected chi connectivity index (χ0v) is 7.29. The normalized spacial score (nSPS) is 10.8. The fourth-order valence-corrected chi connectivity index (χ4v) is 1.39. The summed E-state index contributed by atoms with van der Waals surface area (Å²) in [5.74, 6) is 0. The Morgan fingerprint density at radius 3 is 3.08 bits per heavy atom. The van der Waals surface area contributed by atoms with Crippen LogP contribution in [-0.4, -0.2) is 4.98 Å². The van der Waals surface area contributed by atoms with E-state index in [0.717, 1.165) is 23.2 Å². The second kappa shape index (κ2) is 2.63. The molecule has 0 bridgehead atoms. The Morgan fingerprint density at radius 1 is 1.50 bits per heavy atom. The maximum Gasteiger partial charge on any atom is 0.152 e. The lowest BCUT2D eigenvalue weighted by molar-refractivity contribution is 0.614. The summed E-state index contributed by atoms with van der Waals surface area (Å²) < 4.78 is 5.25. The van der Waals surface area contributed by atoms with E-state index in [1.165, 1.54) is 5.56 Å². The monoisotopic (exact) mass is 161 g/mol. The Labute approximate surface area is 71.2 Å². The second-order valence-corrected chi connectivity index (χ2v) is 2.89. The molecule has 0 aliphatic heterocycles. The van der Waals surface area contributed by atoms with Crippen molar-refractivity contribution in [1.82, 2.24) is 4.98 Å². The van der Waals surface area contributed by atoms with Gasteiger partial charge in [-0.15, -0.1) is 0 Å². The van der Waals surface area contributed by atoms with Gasteiger partial charge in [0, 0.05) is 11.8 Å². The van der Waals surface area contributed by atoms with E-state index in [1.54, 1.807) is 6.26 Å². The van der Waals surface area contributed by atoms with E-state index in [-0.39, 0.29) is 0 Å². The zero-order valence-electron chi connectivity index (χ0n) is 7.29. The summed E-state index contributed by atoms with van der Waals surface area (Å²) in [5, 5.41) is 0. The molecule has 0 aromatic carbocycles. The number of fused-ring (bicyclic) bond motifs is 1. The average Bonchev–Trinajstić information content (AvgIpc) is 2.49. The van der Waals surface area contributed by atoms with Crippen molar-refractivity contribution in [2.45, 2.75) is 20.3 Å². The van der Waals surface area contributed by atoms with Crippen molar-refractivity contribution in [3.8, 4) is 0 Å². The molecule has 0 atom stereocenters. The summed E-state index contributed by atoms with van der Waals surface area (Å²) in [7, 11) is 0. The molecule has 0 amide bonds. The topological polar surface area (TPSA) is 26.0 Å². The number of nitrogens with zero attached hydrogens (tertiary/aromatic N) is 1. The quantitative estimate of drug-likeness (QED) is 0.642. The molecule has 12 heavy (non-hydrogen) atoms. The van der Waals surface area contributed by atoms with Gasteiger partial charge < -0.3 is 4.42 Å². The lowest BCUT2D eigenvalue weighted by atomic mass is 10.1. The van der Waals surface area contributed by atoms with Crippen molar-refractivity contribution in [2.24, 2.45) is 0 Å². The first-order valence-electron chi connectivity index (χ1n) is 4.15. The molecular formula is C10H11NO. The predicted molar refractivity (Wildman–Crippen MR) is 48.1 cm³/mol. The third kappa shape index (κ3) is 0.998. The van der Waals surface area contributed by atoms with Crippen molar-refractivity contribution < 1.29 is 4.42 Å². The van der Waals surface area contributed by atoms with E-state index in [9.17, 15) is 0 Å². The van der Waals surface area contributed by atoms with Crippen LogP contribution in [0, 0.1) is 6.92 Å². The van der Waals surface area contributed by atoms with Gasteiger partial charge in [-0.05, 0) is 25.0 Å². The van der Waals surface area contributed by atoms with Crippen LogP contribution in [0.15, 0.2) is 22.8 Å². The van der Waals surface area contributed by atoms with Crippen LogP contribution >= 0.6 is 0 Å². The molecule has 0 fully saturated rings. The van der Waals surface area contributed by atoms with Gasteiger partial charge >= 0.3 is 0 Å². The minimum atomic E-state index is 0.887. The van der Waals surface area contributed by atoms with Gasteiger partial charge in [0.1, 0.15) is 5.52 Å². The summed E-state index contributed by atoms with van der Waals surface area (Å²) in [4.78, 5) is 4.41. The molecular weight excluding hydrogens is 150 g/mol. The van der Waals surface area contributed by atoms with E-state index in [0.29, 0.717) is 0 Å². The van der Waals surface area contributed by atoms with Crippen LogP contribution in [0.5, 0.6) is 0 Å². The number of furan rings is 1. The molecule has 2 rings (SSSR count). The van der Waals surface area contributed by atoms with E-state index in [2.05, 4.69) is 18.0 Å². The lowest BCUT2D eigenvalue weighted by Gasteiger charge is -2.00. The highest BCUT2D eigenvalue weighted by molar-refractivity contribution is 5.73. The minimum absolute atomic E-state index is 0.887. The van der Waals surface area contributed by atoms with Gasteiger partial charge in [0.25, 0.3) is 0 Å². The zero-order chi connectivity index (χ0) is 8.55. The summed E-state index contributed by atoms with van der Waals surface area (Å²) >= 11 is 0. The molecule has 2 heterocycles. The molecule has 0 radical (unpaired) electrons. The number of hydrogen-bond donors (Lipinski definition) is 0. The van der Waals surface area contributed by atoms with E-state index in [4.69, 9.17) is 4.42 Å². The maximum atomic E-state index is 5.25. The van der Waals surface area contributed by atoms with Crippen molar-refractivity contribution in [2.75, 3.05) is 0 Å². The SMILES string of the molecule is CCc1cc2occc2nc1C. The number of aryl methyl sites for hydroxylation is 2. The van der Waals surface area contributed by atoms with Crippen LogP contribution < -0.4 is 0 Å². The number of aromatic nitrogens is 1. The van der Waals surface area contributed by atoms with Crippen LogP contribution in [0.2, 0.25) is 0 Å². The van der Waals surface area contributed by atoms with Crippen molar-refractivity contribution in [3.05, 3.63) is 29.7 Å². The Kier molecular flexibility index (Phi) is 1.61. The maximum absolute atomic E-state index is 5.25. The molecule has 0 aliphatic carbocycles. The van der Waals surface area contributed by atoms with E-state index in [1.807, 2.05) is 13.0 Å². The molecule has 0 saturated carbocycles. The van der Waals surface area contributed by atoms with Gasteiger partial charge in [-0.3, -0.25) is 0 Å². The smallest absolute Gasteiger partial charge is 0.152 e. The first-order valence-corrected chi connectivity index (χ1v) is 4.15. The van der Waals surface area contributed by atoms with Gasteiger partial charge in [0.15, 0.2) is 5.58 Å². The molecule has 0 N–H and O–H groups in total. The number of rotatable bonds is 1. The third-order valence-corrected chi connectivity index (χ3v) is 2.11. The standard InChI is InChI=1S/C10H11NO/c1-3-8-6-10-9(4-5-12-10)11-7(8)2/h4-6H,3H2,1-2H3. The molecule has 2 nitrogen and oxygen atoms in total. The van der Waals surface area contributed by atoms with Crippen LogP contribution in [0.3, 0.4) is 0 Å². The molecule has 2 aromatic rings. The largest absolute Gasteiger partial charge is 0.463 e. The van der Waals surface area contributed by atoms with E-state index < -0.39 is 0 Å². The third-order valence-electron chi connectivity index (χ3n) is 2.11. The fourth-order valence-electron chi connectivity index (χ4n) is 1.39. The number of hydrogen-bond acceptors (Lipinski definition) is 2. The van der Waals surface area contributed by atoms with Gasteiger partial charge in [-0.2, -0.15) is 0 Å². The van der Waals surface area contributed by atoms with Crippen molar-refractivity contribution in [1.29, 1.82) is 0 Å². The van der Waals surface area contributed by atoms with Crippen molar-refractivity contribution in [3.63, 3.8) is 0 Å². The predicted octanol–water partition coefficient (Wildman–Crippen LogP) is 2.70. The molecule has 2 heteroatoms. The summed E-state index contributed by atoms with van der Waals surface area (Å²) in [5.41, 5.74) is 4.20. The van der Waals surface area contributed by atoms with Gasteiger partial charge in [-0.25, -0.2) is 4.98 Å². The van der Waals surface area contributed by atoms with Crippen LogP contribution in [0.25, 0.3) is 11.1 Å². The van der Waals surface area contributed by atoms with Crippen molar-refractivity contribution >= 4 is 11.1 Å². The van der Waals surface area contributed by atoms with Crippen LogP contribution in [0.4, 0.5) is 0 Å².